The van der Waals surface area contributed by atoms with Crippen LogP contribution >= 0.6 is 0 Å². The van der Waals surface area contributed by atoms with Crippen LogP contribution in [0.1, 0.15) is 117 Å². The van der Waals surface area contributed by atoms with Crippen molar-refractivity contribution in [3.63, 3.8) is 0 Å². The lowest BCUT2D eigenvalue weighted by atomic mass is 9.74. The number of alkyl halides is 1. The molecule has 5 unspecified atom stereocenters. The number of halogens is 1. The smallest absolute Gasteiger partial charge is 0.341 e. The number of carbonyl (C=O) groups is 3. The number of nitrogens with one attached hydrogen (secondary N) is 1. The molecule has 4 heterocycles. The van der Waals surface area contributed by atoms with Crippen LogP contribution in [0.4, 0.5) is 4.39 Å². The third-order valence-corrected chi connectivity index (χ3v) is 17.7. The molecule has 0 radical (unpaired) electrons. The number of carboxylic acid groups (broad SMARTS) is 1. The Bertz CT molecular complexity index is 2530. The minimum atomic E-state index is -4.23. The lowest BCUT2D eigenvalue weighted by Crippen LogP contribution is -2.62. The first-order chi connectivity index (χ1) is 36.4. The fourth-order valence-corrected chi connectivity index (χ4v) is 12.9. The molecular formula is C55H88FN3O18S. The van der Waals surface area contributed by atoms with Gasteiger partial charge in [0.25, 0.3) is 10.1 Å². The minimum absolute atomic E-state index is 0.0153. The van der Waals surface area contributed by atoms with Crippen LogP contribution in [0.2, 0.25) is 0 Å². The van der Waals surface area contributed by atoms with Crippen molar-refractivity contribution in [2.45, 2.75) is 199 Å². The number of Topliss-reactive ketones (excluding diaryl/α,β-unsaturated/α-hetero) is 1. The first-order valence-corrected chi connectivity index (χ1v) is 28.8. The Morgan fingerprint density at radius 1 is 0.936 bits per heavy atom. The zero-order chi connectivity index (χ0) is 58.4. The SMILES string of the molecule is CC[C@H]1OC(=O)C(C)[C@@H](O[C@H]2C[C@@](C)(OC)[C@@H](OS(=O)(=O)CCNCCCc3ccc4c(c3)c(=O)c(C(=O)O)cn4CCF)C(C)O2)[C@H](C)[C@@H](O[C@@H]2O[C@H](C)C[C@H](N(C)C)C2O)C(C)(OC)C[C@@H](C)C(=O)[C@@H](C)[C@@H](O)C1(C)O. The van der Waals surface area contributed by atoms with Crippen LogP contribution in [-0.2, 0) is 70.0 Å². The number of aliphatic hydroxyl groups excluding tert-OH is 2. The number of nitrogens with zero attached hydrogens (tertiary/aromatic N) is 2. The number of benzene rings is 1. The fourth-order valence-electron chi connectivity index (χ4n) is 11.7. The van der Waals surface area contributed by atoms with Gasteiger partial charge in [0.1, 0.15) is 41.9 Å². The number of aryl methyl sites for hydroxylation is 2. The van der Waals surface area contributed by atoms with E-state index in [0.29, 0.717) is 31.3 Å². The number of cyclic esters (lactones) is 1. The Labute approximate surface area is 458 Å². The maximum absolute atomic E-state index is 14.6. The summed E-state index contributed by atoms with van der Waals surface area (Å²) in [6.45, 7) is 16.0. The standard InChI is InChI=1S/C55H88FN3O18S/c1-15-41-55(10,67)47(63)32(4)43(60)30(2)27-53(8,70-13)48(76-52-45(62)40(58(11)12)25-31(3)72-52)33(5)46(34(6)51(66)74-41)75-42-28-54(9,71-14)49(35(7)73-42)77-78(68,69)24-22-57-21-16-17-36-18-19-39-37(26-36)44(61)38(50(64)65)29-59(39)23-20-56/h18-19,26,29-35,40-42,45-49,52,57,62-63,67H,15-17,20-25,27-28H2,1-14H3,(H,64,65)/t30-,31-,32-,33+,34?,35?,40+,41-,42+,45?,46+,47-,48-,49+,52+,53?,54-,55?/m1/s1. The number of carboxylic acids is 1. The number of hydrogen-bond acceptors (Lipinski definition) is 19. The molecule has 1 aromatic heterocycles. The third kappa shape index (κ3) is 14.9. The second-order valence-corrected chi connectivity index (χ2v) is 24.4. The second kappa shape index (κ2) is 27.0. The quantitative estimate of drug-likeness (QED) is 0.0712. The Kier molecular flexibility index (Phi) is 22.6. The number of fused-ring (bicyclic) bond motifs is 1. The molecule has 0 spiro atoms. The van der Waals surface area contributed by atoms with Gasteiger partial charge in [0.05, 0.1) is 65.5 Å². The zero-order valence-electron chi connectivity index (χ0n) is 47.9. The molecule has 3 fully saturated rings. The number of likely N-dealkylation sites (N-methyl/N-ethyl adjacent to an activating group) is 1. The number of aromatic carboxylic acids is 1. The van der Waals surface area contributed by atoms with Crippen LogP contribution in [0, 0.1) is 23.7 Å². The lowest BCUT2D eigenvalue weighted by Gasteiger charge is -2.50. The normalized spacial score (nSPS) is 36.8. The van der Waals surface area contributed by atoms with Gasteiger partial charge in [0, 0.05) is 62.6 Å². The average molecular weight is 1130 g/mol. The number of methoxy groups -OCH3 is 2. The molecule has 23 heteroatoms. The first kappa shape index (κ1) is 65.3. The van der Waals surface area contributed by atoms with E-state index in [0.717, 1.165) is 11.8 Å². The number of esters is 1. The van der Waals surface area contributed by atoms with Crippen molar-refractivity contribution in [1.82, 2.24) is 14.8 Å². The van der Waals surface area contributed by atoms with Crippen LogP contribution < -0.4 is 10.7 Å². The van der Waals surface area contributed by atoms with Gasteiger partial charge in [-0.15, -0.1) is 0 Å². The topological polar surface area (TPSA) is 277 Å². The molecule has 18 atom stereocenters. The average Bonchev–Trinajstić information content (AvgIpc) is 3.40. The molecule has 0 aliphatic carbocycles. The first-order valence-electron chi connectivity index (χ1n) is 27.2. The van der Waals surface area contributed by atoms with Gasteiger partial charge in [0.2, 0.25) is 5.43 Å². The third-order valence-electron chi connectivity index (χ3n) is 16.5. The molecule has 2 aromatic rings. The van der Waals surface area contributed by atoms with Crippen molar-refractivity contribution in [3.05, 3.63) is 45.7 Å². The van der Waals surface area contributed by atoms with E-state index in [1.54, 1.807) is 66.7 Å². The zero-order valence-corrected chi connectivity index (χ0v) is 48.7. The van der Waals surface area contributed by atoms with E-state index in [9.17, 15) is 52.4 Å². The van der Waals surface area contributed by atoms with Gasteiger partial charge in [-0.2, -0.15) is 8.42 Å². The van der Waals surface area contributed by atoms with Gasteiger partial charge in [-0.25, -0.2) is 9.18 Å². The van der Waals surface area contributed by atoms with Crippen molar-refractivity contribution in [3.8, 4) is 0 Å². The van der Waals surface area contributed by atoms with Gasteiger partial charge >= 0.3 is 11.9 Å². The van der Waals surface area contributed by atoms with E-state index in [2.05, 4.69) is 5.32 Å². The maximum atomic E-state index is 14.6. The lowest BCUT2D eigenvalue weighted by molar-refractivity contribution is -0.317. The largest absolute Gasteiger partial charge is 0.477 e. The summed E-state index contributed by atoms with van der Waals surface area (Å²) in [4.78, 5) is 55.4. The van der Waals surface area contributed by atoms with E-state index in [1.165, 1.54) is 32.6 Å². The highest BCUT2D eigenvalue weighted by atomic mass is 32.2. The molecule has 0 amide bonds. The van der Waals surface area contributed by atoms with Gasteiger partial charge in [-0.1, -0.05) is 33.8 Å². The number of ketones is 1. The number of rotatable bonds is 20. The molecule has 444 valence electrons. The van der Waals surface area contributed by atoms with E-state index in [1.807, 2.05) is 25.9 Å². The summed E-state index contributed by atoms with van der Waals surface area (Å²) in [6, 6.07) is 4.66. The summed E-state index contributed by atoms with van der Waals surface area (Å²) in [5.41, 5.74) is -4.76. The van der Waals surface area contributed by atoms with Crippen molar-refractivity contribution < 1.29 is 85.0 Å². The molecule has 1 aromatic carbocycles. The molecule has 3 saturated heterocycles. The predicted octanol–water partition coefficient (Wildman–Crippen LogP) is 4.00. The van der Waals surface area contributed by atoms with Gasteiger partial charge < -0.3 is 68.4 Å². The molecule has 5 rings (SSSR count). The van der Waals surface area contributed by atoms with Crippen molar-refractivity contribution in [1.29, 1.82) is 0 Å². The monoisotopic (exact) mass is 1130 g/mol. The molecule has 3 aliphatic heterocycles. The van der Waals surface area contributed by atoms with Crippen molar-refractivity contribution in [2.75, 3.05) is 53.8 Å². The number of ether oxygens (including phenoxy) is 7. The summed E-state index contributed by atoms with van der Waals surface area (Å²) >= 11 is 0. The molecule has 5 N–H and O–H groups in total. The number of aliphatic hydroxyl groups is 3. The number of hydrogen-bond donors (Lipinski definition) is 5. The van der Waals surface area contributed by atoms with E-state index < -0.39 is 141 Å². The Balaban J connectivity index is 1.37. The minimum Gasteiger partial charge on any atom is -0.477 e. The molecule has 3 aliphatic rings. The van der Waals surface area contributed by atoms with Crippen molar-refractivity contribution >= 4 is 38.7 Å². The van der Waals surface area contributed by atoms with E-state index in [-0.39, 0.29) is 55.7 Å². The fraction of sp³-hybridized carbons (Fsp3) is 0.782. The summed E-state index contributed by atoms with van der Waals surface area (Å²) in [6.07, 6.45) is -8.56. The number of carbonyl (C=O) groups excluding carboxylic acids is 2. The Morgan fingerprint density at radius 3 is 2.19 bits per heavy atom. The maximum Gasteiger partial charge on any atom is 0.341 e. The highest BCUT2D eigenvalue weighted by Crippen LogP contribution is 2.42. The van der Waals surface area contributed by atoms with Crippen LogP contribution in [0.5, 0.6) is 0 Å². The van der Waals surface area contributed by atoms with E-state index >= 15 is 0 Å². The van der Waals surface area contributed by atoms with Gasteiger partial charge in [-0.05, 0) is 112 Å². The molecule has 0 bridgehead atoms. The van der Waals surface area contributed by atoms with Crippen LogP contribution in [0.3, 0.4) is 0 Å². The van der Waals surface area contributed by atoms with Crippen molar-refractivity contribution in [2.24, 2.45) is 23.7 Å². The van der Waals surface area contributed by atoms with Crippen LogP contribution in [0.15, 0.2) is 29.2 Å². The van der Waals surface area contributed by atoms with E-state index in [4.69, 9.17) is 37.3 Å². The number of pyridine rings is 1. The number of aromatic nitrogens is 1. The highest BCUT2D eigenvalue weighted by molar-refractivity contribution is 7.86. The molecule has 21 nitrogen and oxygen atoms in total. The summed E-state index contributed by atoms with van der Waals surface area (Å²) in [7, 11) is 2.32. The summed E-state index contributed by atoms with van der Waals surface area (Å²) < 4.78 is 92.8. The van der Waals surface area contributed by atoms with Gasteiger partial charge in [-0.3, -0.25) is 18.6 Å². The Hall–Kier alpha value is -3.56. The molecule has 78 heavy (non-hydrogen) atoms. The van der Waals surface area contributed by atoms with Crippen LogP contribution in [-0.4, -0.2) is 194 Å². The van der Waals surface area contributed by atoms with Crippen LogP contribution in [0.25, 0.3) is 10.9 Å². The molecular weight excluding hydrogens is 1040 g/mol. The molecule has 0 saturated carbocycles. The second-order valence-electron chi connectivity index (χ2n) is 22.7. The highest BCUT2D eigenvalue weighted by Gasteiger charge is 2.55. The van der Waals surface area contributed by atoms with Gasteiger partial charge in [0.15, 0.2) is 12.6 Å². The Morgan fingerprint density at radius 2 is 1.59 bits per heavy atom. The predicted molar refractivity (Wildman–Crippen MR) is 286 cm³/mol. The summed E-state index contributed by atoms with van der Waals surface area (Å²) in [5.74, 6) is -6.91. The summed E-state index contributed by atoms with van der Waals surface area (Å²) in [5, 5.41) is 48.1.